The van der Waals surface area contributed by atoms with Gasteiger partial charge in [-0.15, -0.1) is 0 Å². The number of fused-ring (bicyclic) bond motifs is 1. The number of aryl methyl sites for hydroxylation is 1. The molecule has 24 heavy (non-hydrogen) atoms. The predicted molar refractivity (Wildman–Crippen MR) is 98.3 cm³/mol. The Morgan fingerprint density at radius 3 is 2.42 bits per heavy atom. The molecular formula is C22H21NO. The van der Waals surface area contributed by atoms with Crippen LogP contribution in [0.3, 0.4) is 0 Å². The number of hydrogen-bond acceptors (Lipinski definition) is 2. The number of ether oxygens (including phenoxy) is 1. The molecule has 2 nitrogen and oxygen atoms in total. The third-order valence-electron chi connectivity index (χ3n) is 4.77. The zero-order chi connectivity index (χ0) is 16.4. The average molecular weight is 315 g/mol. The van der Waals surface area contributed by atoms with Crippen molar-refractivity contribution >= 4 is 0 Å². The fourth-order valence-electron chi connectivity index (χ4n) is 3.57. The van der Waals surface area contributed by atoms with E-state index in [9.17, 15) is 0 Å². The zero-order valence-electron chi connectivity index (χ0n) is 14.0. The summed E-state index contributed by atoms with van der Waals surface area (Å²) in [5.74, 6) is 0.875. The molecule has 3 aromatic rings. The Morgan fingerprint density at radius 2 is 1.58 bits per heavy atom. The van der Waals surface area contributed by atoms with Crippen molar-refractivity contribution in [2.45, 2.75) is 25.7 Å². The van der Waals surface area contributed by atoms with Gasteiger partial charge in [-0.05, 0) is 60.6 Å². The van der Waals surface area contributed by atoms with Crippen LogP contribution in [0, 0.1) is 0 Å². The molecule has 0 aliphatic heterocycles. The molecule has 0 unspecified atom stereocenters. The van der Waals surface area contributed by atoms with Gasteiger partial charge in [0.25, 0.3) is 0 Å². The van der Waals surface area contributed by atoms with Crippen molar-refractivity contribution in [3.8, 4) is 28.1 Å². The molecule has 0 saturated carbocycles. The van der Waals surface area contributed by atoms with E-state index in [0.29, 0.717) is 0 Å². The van der Waals surface area contributed by atoms with Crippen molar-refractivity contribution in [1.29, 1.82) is 0 Å². The Morgan fingerprint density at radius 1 is 0.833 bits per heavy atom. The lowest BCUT2D eigenvalue weighted by Gasteiger charge is -2.21. The van der Waals surface area contributed by atoms with Gasteiger partial charge in [-0.3, -0.25) is 4.98 Å². The number of pyridine rings is 1. The van der Waals surface area contributed by atoms with Crippen LogP contribution in [0.1, 0.15) is 24.1 Å². The summed E-state index contributed by atoms with van der Waals surface area (Å²) in [4.78, 5) is 5.00. The molecule has 1 aliphatic carbocycles. The molecule has 1 aliphatic rings. The Hall–Kier alpha value is -2.61. The van der Waals surface area contributed by atoms with Gasteiger partial charge in [-0.25, -0.2) is 0 Å². The molecule has 4 rings (SSSR count). The van der Waals surface area contributed by atoms with Gasteiger partial charge in [-0.1, -0.05) is 42.5 Å². The topological polar surface area (TPSA) is 22.1 Å². The minimum absolute atomic E-state index is 0.875. The van der Waals surface area contributed by atoms with Crippen molar-refractivity contribution in [2.24, 2.45) is 0 Å². The molecule has 0 N–H and O–H groups in total. The molecule has 0 fully saturated rings. The summed E-state index contributed by atoms with van der Waals surface area (Å²) in [5, 5.41) is 0. The molecule has 2 aromatic carbocycles. The van der Waals surface area contributed by atoms with Gasteiger partial charge in [0.1, 0.15) is 5.75 Å². The van der Waals surface area contributed by atoms with Crippen molar-refractivity contribution in [3.63, 3.8) is 0 Å². The quantitative estimate of drug-likeness (QED) is 0.654. The Kier molecular flexibility index (Phi) is 4.04. The summed E-state index contributed by atoms with van der Waals surface area (Å²) >= 11 is 0. The van der Waals surface area contributed by atoms with E-state index < -0.39 is 0 Å². The number of methoxy groups -OCH3 is 1. The monoisotopic (exact) mass is 315 g/mol. The summed E-state index contributed by atoms with van der Waals surface area (Å²) < 4.78 is 5.55. The van der Waals surface area contributed by atoms with Crippen LogP contribution in [0.4, 0.5) is 0 Å². The first-order valence-electron chi connectivity index (χ1n) is 8.58. The van der Waals surface area contributed by atoms with Crippen molar-refractivity contribution in [2.75, 3.05) is 7.11 Å². The fraction of sp³-hybridized carbons (Fsp3) is 0.227. The van der Waals surface area contributed by atoms with E-state index in [-0.39, 0.29) is 0 Å². The number of rotatable bonds is 3. The molecule has 0 spiro atoms. The maximum absolute atomic E-state index is 5.55. The van der Waals surface area contributed by atoms with E-state index in [2.05, 4.69) is 42.5 Å². The Bertz CT molecular complexity index is 855. The molecule has 0 atom stereocenters. The van der Waals surface area contributed by atoms with Gasteiger partial charge in [0.15, 0.2) is 0 Å². The van der Waals surface area contributed by atoms with Gasteiger partial charge in [-0.2, -0.15) is 0 Å². The van der Waals surface area contributed by atoms with E-state index >= 15 is 0 Å². The zero-order valence-corrected chi connectivity index (χ0v) is 14.0. The normalized spacial score (nSPS) is 13.4. The smallest absolute Gasteiger partial charge is 0.128 e. The van der Waals surface area contributed by atoms with E-state index in [1.54, 1.807) is 7.11 Å². The van der Waals surface area contributed by atoms with Crippen LogP contribution in [-0.2, 0) is 12.8 Å². The second-order valence-corrected chi connectivity index (χ2v) is 6.25. The van der Waals surface area contributed by atoms with Crippen LogP contribution in [0.25, 0.3) is 22.4 Å². The number of aromatic nitrogens is 1. The summed E-state index contributed by atoms with van der Waals surface area (Å²) in [6, 6.07) is 21.0. The maximum Gasteiger partial charge on any atom is 0.128 e. The molecule has 0 bridgehead atoms. The average Bonchev–Trinajstić information content (AvgIpc) is 2.67. The second-order valence-electron chi connectivity index (χ2n) is 6.25. The van der Waals surface area contributed by atoms with E-state index in [4.69, 9.17) is 9.72 Å². The molecule has 0 radical (unpaired) electrons. The first kappa shape index (κ1) is 14.9. The van der Waals surface area contributed by atoms with Crippen molar-refractivity contribution in [3.05, 3.63) is 71.9 Å². The van der Waals surface area contributed by atoms with Crippen LogP contribution in [-0.4, -0.2) is 12.1 Å². The molecule has 0 saturated heterocycles. The predicted octanol–water partition coefficient (Wildman–Crippen LogP) is 5.30. The van der Waals surface area contributed by atoms with E-state index in [1.807, 2.05) is 18.2 Å². The highest BCUT2D eigenvalue weighted by Crippen LogP contribution is 2.36. The minimum atomic E-state index is 0.875. The highest BCUT2D eigenvalue weighted by atomic mass is 16.5. The largest absolute Gasteiger partial charge is 0.496 e. The van der Waals surface area contributed by atoms with Gasteiger partial charge >= 0.3 is 0 Å². The van der Waals surface area contributed by atoms with E-state index in [1.165, 1.54) is 35.2 Å². The van der Waals surface area contributed by atoms with Gasteiger partial charge in [0.05, 0.1) is 12.8 Å². The third kappa shape index (κ3) is 2.69. The lowest BCUT2D eigenvalue weighted by molar-refractivity contribution is 0.416. The van der Waals surface area contributed by atoms with Crippen LogP contribution < -0.4 is 4.74 Å². The summed E-state index contributed by atoms with van der Waals surface area (Å²) in [6.07, 6.45) is 4.67. The minimum Gasteiger partial charge on any atom is -0.496 e. The molecule has 1 heterocycles. The first-order valence-corrected chi connectivity index (χ1v) is 8.58. The number of nitrogens with zero attached hydrogens (tertiary/aromatic N) is 1. The Balaban J connectivity index is 1.94. The molecule has 1 aromatic heterocycles. The number of hydrogen-bond donors (Lipinski definition) is 0. The Labute approximate surface area is 143 Å². The summed E-state index contributed by atoms with van der Waals surface area (Å²) in [6.45, 7) is 0. The van der Waals surface area contributed by atoms with Gasteiger partial charge < -0.3 is 4.74 Å². The van der Waals surface area contributed by atoms with Crippen molar-refractivity contribution in [1.82, 2.24) is 4.98 Å². The van der Waals surface area contributed by atoms with Gasteiger partial charge in [0, 0.05) is 11.3 Å². The van der Waals surface area contributed by atoms with Crippen molar-refractivity contribution < 1.29 is 4.74 Å². The second kappa shape index (κ2) is 6.48. The summed E-state index contributed by atoms with van der Waals surface area (Å²) in [7, 11) is 1.72. The molecular weight excluding hydrogens is 294 g/mol. The number of para-hydroxylation sites is 1. The highest BCUT2D eigenvalue weighted by molar-refractivity contribution is 5.76. The van der Waals surface area contributed by atoms with Gasteiger partial charge in [0.2, 0.25) is 0 Å². The van der Waals surface area contributed by atoms with Crippen LogP contribution in [0.15, 0.2) is 60.7 Å². The third-order valence-corrected chi connectivity index (χ3v) is 4.77. The van der Waals surface area contributed by atoms with Crippen LogP contribution >= 0.6 is 0 Å². The van der Waals surface area contributed by atoms with Crippen LogP contribution in [0.2, 0.25) is 0 Å². The fourth-order valence-corrected chi connectivity index (χ4v) is 3.57. The first-order chi connectivity index (χ1) is 11.9. The highest BCUT2D eigenvalue weighted by Gasteiger charge is 2.19. The lowest BCUT2D eigenvalue weighted by Crippen LogP contribution is -2.08. The number of benzene rings is 2. The van der Waals surface area contributed by atoms with Crippen LogP contribution in [0.5, 0.6) is 5.75 Å². The molecule has 2 heteroatoms. The SMILES string of the molecule is COc1ccccc1-c1cc(-c2ccccc2)c2c(n1)CCCC2. The molecule has 0 amide bonds. The lowest BCUT2D eigenvalue weighted by atomic mass is 9.88. The summed E-state index contributed by atoms with van der Waals surface area (Å²) in [5.41, 5.74) is 7.34. The standard InChI is InChI=1S/C22H21NO/c1-24-22-14-8-6-12-18(22)21-15-19(16-9-3-2-4-10-16)17-11-5-7-13-20(17)23-21/h2-4,6,8-10,12,14-15H,5,7,11,13H2,1H3. The maximum atomic E-state index is 5.55. The molecule has 120 valence electrons. The van der Waals surface area contributed by atoms with E-state index in [0.717, 1.165) is 29.8 Å².